The van der Waals surface area contributed by atoms with Crippen molar-refractivity contribution in [3.05, 3.63) is 59.4 Å². The molecule has 0 radical (unpaired) electrons. The van der Waals surface area contributed by atoms with E-state index in [1.54, 1.807) is 12.1 Å². The summed E-state index contributed by atoms with van der Waals surface area (Å²) in [7, 11) is 1.98. The fourth-order valence-corrected chi connectivity index (χ4v) is 3.81. The lowest BCUT2D eigenvalue weighted by molar-refractivity contribution is 0.203. The van der Waals surface area contributed by atoms with Crippen molar-refractivity contribution < 1.29 is 4.39 Å². The summed E-state index contributed by atoms with van der Waals surface area (Å²) < 4.78 is 15.5. The summed E-state index contributed by atoms with van der Waals surface area (Å²) in [5.74, 6) is 0.221. The van der Waals surface area contributed by atoms with Crippen LogP contribution >= 0.6 is 0 Å². The first kappa shape index (κ1) is 17.0. The van der Waals surface area contributed by atoms with Crippen LogP contribution in [0.1, 0.15) is 35.7 Å². The number of nitrogens with zero attached hydrogens (tertiary/aromatic N) is 4. The molecule has 1 N–H and O–H groups in total. The number of piperidine rings is 1. The molecule has 2 aromatic heterocycles. The highest BCUT2D eigenvalue weighted by Gasteiger charge is 2.25. The number of nitrogens with one attached hydrogen (secondary N) is 1. The lowest BCUT2D eigenvalue weighted by Gasteiger charge is -2.31. The van der Waals surface area contributed by atoms with E-state index in [0.717, 1.165) is 49.3 Å². The van der Waals surface area contributed by atoms with Crippen LogP contribution in [0.2, 0.25) is 0 Å². The molecule has 3 aromatic rings. The molecule has 0 saturated carbocycles. The molecule has 1 aliphatic heterocycles. The number of aromatic amines is 1. The van der Waals surface area contributed by atoms with Gasteiger partial charge in [0.1, 0.15) is 5.82 Å². The predicted octanol–water partition coefficient (Wildman–Crippen LogP) is 3.64. The molecule has 3 heterocycles. The zero-order valence-electron chi connectivity index (χ0n) is 15.2. The Morgan fingerprint density at radius 2 is 2.04 bits per heavy atom. The molecule has 1 saturated heterocycles. The minimum Gasteiger partial charge on any atom is -0.299 e. The molecule has 1 fully saturated rings. The van der Waals surface area contributed by atoms with Gasteiger partial charge in [0.05, 0.1) is 12.4 Å². The second kappa shape index (κ2) is 7.03. The maximum atomic E-state index is 13.6. The van der Waals surface area contributed by atoms with Crippen LogP contribution in [0, 0.1) is 12.7 Å². The van der Waals surface area contributed by atoms with Crippen molar-refractivity contribution in [2.45, 2.75) is 32.2 Å². The molecule has 6 heteroatoms. The quantitative estimate of drug-likeness (QED) is 0.779. The van der Waals surface area contributed by atoms with Gasteiger partial charge in [-0.3, -0.25) is 14.7 Å². The van der Waals surface area contributed by atoms with E-state index in [4.69, 9.17) is 0 Å². The number of halogens is 1. The Kier molecular flexibility index (Phi) is 4.59. The zero-order valence-corrected chi connectivity index (χ0v) is 15.2. The summed E-state index contributed by atoms with van der Waals surface area (Å²) in [4.78, 5) is 2.48. The number of hydrogen-bond acceptors (Lipinski definition) is 3. The van der Waals surface area contributed by atoms with Crippen LogP contribution in [0.5, 0.6) is 0 Å². The van der Waals surface area contributed by atoms with E-state index in [1.807, 2.05) is 30.2 Å². The number of aryl methyl sites for hydroxylation is 1. The van der Waals surface area contributed by atoms with E-state index in [9.17, 15) is 4.39 Å². The summed E-state index contributed by atoms with van der Waals surface area (Å²) >= 11 is 0. The molecule has 0 unspecified atom stereocenters. The first-order valence-corrected chi connectivity index (χ1v) is 9.11. The van der Waals surface area contributed by atoms with Gasteiger partial charge in [-0.05, 0) is 50.6 Å². The van der Waals surface area contributed by atoms with Gasteiger partial charge in [-0.15, -0.1) is 0 Å². The van der Waals surface area contributed by atoms with Gasteiger partial charge < -0.3 is 0 Å². The molecule has 0 atom stereocenters. The number of likely N-dealkylation sites (tertiary alicyclic amines) is 1. The van der Waals surface area contributed by atoms with Crippen molar-refractivity contribution in [2.24, 2.45) is 7.05 Å². The van der Waals surface area contributed by atoms with Crippen LogP contribution < -0.4 is 0 Å². The Hall–Kier alpha value is -2.47. The Balaban J connectivity index is 1.44. The fourth-order valence-electron chi connectivity index (χ4n) is 3.81. The molecule has 5 nitrogen and oxygen atoms in total. The van der Waals surface area contributed by atoms with Gasteiger partial charge in [0.2, 0.25) is 0 Å². The van der Waals surface area contributed by atoms with E-state index in [-0.39, 0.29) is 5.82 Å². The van der Waals surface area contributed by atoms with E-state index in [2.05, 4.69) is 27.1 Å². The molecule has 0 amide bonds. The molecule has 4 rings (SSSR count). The van der Waals surface area contributed by atoms with Gasteiger partial charge in [-0.25, -0.2) is 4.39 Å². The number of hydrogen-bond donors (Lipinski definition) is 1. The topological polar surface area (TPSA) is 49.7 Å². The highest BCUT2D eigenvalue weighted by Crippen LogP contribution is 2.34. The maximum absolute atomic E-state index is 13.6. The zero-order chi connectivity index (χ0) is 18.1. The van der Waals surface area contributed by atoms with Crippen molar-refractivity contribution in [3.8, 4) is 11.1 Å². The largest absolute Gasteiger partial charge is 0.299 e. The van der Waals surface area contributed by atoms with Crippen LogP contribution in [0.4, 0.5) is 4.39 Å². The minimum absolute atomic E-state index is 0.212. The molecular weight excluding hydrogens is 329 g/mol. The Morgan fingerprint density at radius 3 is 2.73 bits per heavy atom. The molecule has 26 heavy (non-hydrogen) atoms. The predicted molar refractivity (Wildman–Crippen MR) is 99.2 cm³/mol. The second-order valence-electron chi connectivity index (χ2n) is 7.14. The lowest BCUT2D eigenvalue weighted by atomic mass is 9.89. The smallest absolute Gasteiger partial charge is 0.123 e. The van der Waals surface area contributed by atoms with Crippen molar-refractivity contribution in [1.29, 1.82) is 0 Å². The third-order valence-corrected chi connectivity index (χ3v) is 5.53. The summed E-state index contributed by atoms with van der Waals surface area (Å²) in [6.45, 7) is 5.15. The lowest BCUT2D eigenvalue weighted by Crippen LogP contribution is -2.32. The summed E-state index contributed by atoms with van der Waals surface area (Å²) in [5.41, 5.74) is 5.57. The van der Waals surface area contributed by atoms with Crippen LogP contribution in [0.15, 0.2) is 36.7 Å². The number of rotatable bonds is 4. The fraction of sp³-hybridized carbons (Fsp3) is 0.400. The van der Waals surface area contributed by atoms with Gasteiger partial charge in [0, 0.05) is 42.0 Å². The summed E-state index contributed by atoms with van der Waals surface area (Å²) in [6.07, 6.45) is 5.93. The normalized spacial score (nSPS) is 16.3. The second-order valence-corrected chi connectivity index (χ2v) is 7.14. The van der Waals surface area contributed by atoms with Crippen molar-refractivity contribution in [1.82, 2.24) is 24.9 Å². The molecule has 0 spiro atoms. The summed E-state index contributed by atoms with van der Waals surface area (Å²) in [5, 5.41) is 11.7. The van der Waals surface area contributed by atoms with Gasteiger partial charge in [-0.2, -0.15) is 10.2 Å². The minimum atomic E-state index is -0.212. The molecule has 136 valence electrons. The van der Waals surface area contributed by atoms with Crippen molar-refractivity contribution in [3.63, 3.8) is 0 Å². The van der Waals surface area contributed by atoms with Crippen LogP contribution in [-0.2, 0) is 13.6 Å². The van der Waals surface area contributed by atoms with Gasteiger partial charge in [0.15, 0.2) is 0 Å². The molecule has 1 aliphatic rings. The standard InChI is InChI=1S/C20H24FN5/c1-14-17(11-23-25(14)2)13-26-8-6-15(7-9-26)20-19(12-22-24-20)16-4-3-5-18(21)10-16/h3-5,10-12,15H,6-9,13H2,1-2H3,(H,22,24). The van der Waals surface area contributed by atoms with Crippen molar-refractivity contribution >= 4 is 0 Å². The highest BCUT2D eigenvalue weighted by molar-refractivity contribution is 5.65. The maximum Gasteiger partial charge on any atom is 0.123 e. The monoisotopic (exact) mass is 353 g/mol. The van der Waals surface area contributed by atoms with E-state index in [0.29, 0.717) is 5.92 Å². The average molecular weight is 353 g/mol. The van der Waals surface area contributed by atoms with Crippen LogP contribution in [0.3, 0.4) is 0 Å². The molecule has 1 aromatic carbocycles. The SMILES string of the molecule is Cc1c(CN2CCC(c3[nH]ncc3-c3cccc(F)c3)CC2)cnn1C. The van der Waals surface area contributed by atoms with E-state index in [1.165, 1.54) is 17.3 Å². The van der Waals surface area contributed by atoms with Gasteiger partial charge in [0.25, 0.3) is 0 Å². The Labute approximate surface area is 152 Å². The highest BCUT2D eigenvalue weighted by atomic mass is 19.1. The van der Waals surface area contributed by atoms with Crippen molar-refractivity contribution in [2.75, 3.05) is 13.1 Å². The first-order chi connectivity index (χ1) is 12.6. The number of benzene rings is 1. The van der Waals surface area contributed by atoms with Gasteiger partial charge in [-0.1, -0.05) is 12.1 Å². The number of H-pyrrole nitrogens is 1. The number of aromatic nitrogens is 4. The van der Waals surface area contributed by atoms with E-state index >= 15 is 0 Å². The first-order valence-electron chi connectivity index (χ1n) is 9.11. The average Bonchev–Trinajstić information content (AvgIpc) is 3.25. The van der Waals surface area contributed by atoms with E-state index < -0.39 is 0 Å². The molecule has 0 bridgehead atoms. The summed E-state index contributed by atoms with van der Waals surface area (Å²) in [6, 6.07) is 6.74. The Bertz CT molecular complexity index is 889. The Morgan fingerprint density at radius 1 is 1.23 bits per heavy atom. The van der Waals surface area contributed by atoms with Crippen LogP contribution in [0.25, 0.3) is 11.1 Å². The third-order valence-electron chi connectivity index (χ3n) is 5.53. The molecule has 0 aliphatic carbocycles. The molecular formula is C20H24FN5. The third kappa shape index (κ3) is 3.29. The van der Waals surface area contributed by atoms with Gasteiger partial charge >= 0.3 is 0 Å². The van der Waals surface area contributed by atoms with Crippen LogP contribution in [-0.4, -0.2) is 38.0 Å².